The van der Waals surface area contributed by atoms with Crippen molar-refractivity contribution in [1.29, 1.82) is 0 Å². The van der Waals surface area contributed by atoms with Crippen molar-refractivity contribution in [3.05, 3.63) is 47.8 Å². The first-order valence-electron chi connectivity index (χ1n) is 10.0. The largest absolute Gasteiger partial charge is 0.497 e. The molecule has 1 aliphatic heterocycles. The second-order valence-corrected chi connectivity index (χ2v) is 7.35. The van der Waals surface area contributed by atoms with Gasteiger partial charge in [0.2, 0.25) is 5.91 Å². The number of carbonyl (C=O) groups is 2. The topological polar surface area (TPSA) is 83.7 Å². The number of methoxy groups -OCH3 is 2. The lowest BCUT2D eigenvalue weighted by Crippen LogP contribution is -2.40. The van der Waals surface area contributed by atoms with Gasteiger partial charge in [-0.15, -0.1) is 0 Å². The molecule has 2 heterocycles. The van der Waals surface area contributed by atoms with E-state index < -0.39 is 0 Å². The number of H-pyrrole nitrogens is 1. The molecule has 1 saturated heterocycles. The van der Waals surface area contributed by atoms with E-state index in [9.17, 15) is 9.59 Å². The fraction of sp³-hybridized carbons (Fsp3) is 0.455. The van der Waals surface area contributed by atoms with Crippen LogP contribution in [0.1, 0.15) is 41.6 Å². The molecule has 0 aliphatic carbocycles. The molecule has 0 bridgehead atoms. The van der Waals surface area contributed by atoms with Crippen LogP contribution in [0.5, 0.6) is 11.5 Å². The molecule has 1 aromatic carbocycles. The van der Waals surface area contributed by atoms with Crippen LogP contribution in [0.25, 0.3) is 0 Å². The van der Waals surface area contributed by atoms with E-state index in [0.717, 1.165) is 31.4 Å². The maximum Gasteiger partial charge on any atom is 0.255 e. The molecule has 2 N–H and O–H groups in total. The Kier molecular flexibility index (Phi) is 7.16. The van der Waals surface area contributed by atoms with Gasteiger partial charge in [-0.1, -0.05) is 0 Å². The van der Waals surface area contributed by atoms with Gasteiger partial charge < -0.3 is 24.7 Å². The molecular weight excluding hydrogens is 370 g/mol. The number of piperidine rings is 1. The van der Waals surface area contributed by atoms with Gasteiger partial charge in [-0.3, -0.25) is 9.59 Å². The normalized spacial score (nSPS) is 16.3. The number of likely N-dealkylation sites (tertiary alicyclic amines) is 1. The summed E-state index contributed by atoms with van der Waals surface area (Å²) in [5, 5.41) is 2.96. The Bertz CT molecular complexity index is 819. The molecule has 2 amide bonds. The van der Waals surface area contributed by atoms with Crippen LogP contribution in [-0.4, -0.2) is 49.0 Å². The minimum absolute atomic E-state index is 0.0111. The zero-order valence-corrected chi connectivity index (χ0v) is 17.1. The summed E-state index contributed by atoms with van der Waals surface area (Å²) in [4.78, 5) is 29.7. The van der Waals surface area contributed by atoms with Gasteiger partial charge in [-0.05, 0) is 43.4 Å². The number of benzene rings is 1. The first-order valence-corrected chi connectivity index (χ1v) is 10.0. The molecule has 0 unspecified atom stereocenters. The van der Waals surface area contributed by atoms with Crippen molar-refractivity contribution < 1.29 is 19.1 Å². The lowest BCUT2D eigenvalue weighted by Gasteiger charge is -2.32. The van der Waals surface area contributed by atoms with Gasteiger partial charge in [0.25, 0.3) is 5.91 Å². The van der Waals surface area contributed by atoms with Gasteiger partial charge in [0.05, 0.1) is 19.8 Å². The summed E-state index contributed by atoms with van der Waals surface area (Å²) >= 11 is 0. The molecule has 1 aliphatic rings. The fourth-order valence-corrected chi connectivity index (χ4v) is 3.74. The maximum atomic E-state index is 12.5. The van der Waals surface area contributed by atoms with E-state index >= 15 is 0 Å². The van der Waals surface area contributed by atoms with Gasteiger partial charge in [-0.2, -0.15) is 0 Å². The summed E-state index contributed by atoms with van der Waals surface area (Å²) in [5.74, 6) is 1.83. The monoisotopic (exact) mass is 399 g/mol. The second kappa shape index (κ2) is 10.0. The number of nitrogens with zero attached hydrogens (tertiary/aromatic N) is 1. The molecule has 1 fully saturated rings. The SMILES string of the molecule is COc1ccc(CNC(=O)CC[C@H]2CCCN(C(=O)c3cc[nH]c3)C2)c(OC)c1. The summed E-state index contributed by atoms with van der Waals surface area (Å²) in [5.41, 5.74) is 1.60. The molecule has 3 rings (SSSR count). The van der Waals surface area contributed by atoms with Gasteiger partial charge in [0, 0.05) is 50.1 Å². The lowest BCUT2D eigenvalue weighted by atomic mass is 9.93. The third-order valence-corrected chi connectivity index (χ3v) is 5.40. The van der Waals surface area contributed by atoms with Crippen molar-refractivity contribution in [2.45, 2.75) is 32.2 Å². The number of aromatic nitrogens is 1. The quantitative estimate of drug-likeness (QED) is 0.715. The van der Waals surface area contributed by atoms with E-state index in [1.165, 1.54) is 0 Å². The Hall–Kier alpha value is -2.96. The number of nitrogens with one attached hydrogen (secondary N) is 2. The van der Waals surface area contributed by atoms with Crippen molar-refractivity contribution in [2.24, 2.45) is 5.92 Å². The molecule has 7 heteroatoms. The molecule has 0 radical (unpaired) electrons. The number of hydrogen-bond donors (Lipinski definition) is 2. The van der Waals surface area contributed by atoms with E-state index in [-0.39, 0.29) is 11.8 Å². The first kappa shape index (κ1) is 20.8. The highest BCUT2D eigenvalue weighted by atomic mass is 16.5. The number of aromatic amines is 1. The van der Waals surface area contributed by atoms with Crippen LogP contribution in [0.4, 0.5) is 0 Å². The average Bonchev–Trinajstić information content (AvgIpc) is 3.30. The van der Waals surface area contributed by atoms with Crippen molar-refractivity contribution in [1.82, 2.24) is 15.2 Å². The third-order valence-electron chi connectivity index (χ3n) is 5.40. The molecule has 1 aromatic heterocycles. The minimum Gasteiger partial charge on any atom is -0.497 e. The summed E-state index contributed by atoms with van der Waals surface area (Å²) < 4.78 is 10.6. The van der Waals surface area contributed by atoms with Crippen LogP contribution in [0.15, 0.2) is 36.7 Å². The highest BCUT2D eigenvalue weighted by Gasteiger charge is 2.25. The molecule has 0 spiro atoms. The first-order chi connectivity index (χ1) is 14.1. The van der Waals surface area contributed by atoms with Crippen molar-refractivity contribution >= 4 is 11.8 Å². The van der Waals surface area contributed by atoms with Crippen LogP contribution in [0, 0.1) is 5.92 Å². The molecule has 0 saturated carbocycles. The van der Waals surface area contributed by atoms with E-state index in [1.807, 2.05) is 17.0 Å². The third kappa shape index (κ3) is 5.53. The Labute approximate surface area is 171 Å². The number of hydrogen-bond acceptors (Lipinski definition) is 4. The van der Waals surface area contributed by atoms with Crippen LogP contribution in [0.2, 0.25) is 0 Å². The number of rotatable bonds is 8. The number of amides is 2. The Morgan fingerprint density at radius 3 is 2.83 bits per heavy atom. The zero-order valence-electron chi connectivity index (χ0n) is 17.1. The fourth-order valence-electron chi connectivity index (χ4n) is 3.74. The summed E-state index contributed by atoms with van der Waals surface area (Å²) in [6, 6.07) is 7.35. The molecule has 2 aromatic rings. The summed E-state index contributed by atoms with van der Waals surface area (Å²) in [7, 11) is 3.21. The molecular formula is C22H29N3O4. The van der Waals surface area contributed by atoms with Gasteiger partial charge >= 0.3 is 0 Å². The van der Waals surface area contributed by atoms with Crippen LogP contribution < -0.4 is 14.8 Å². The van der Waals surface area contributed by atoms with Crippen molar-refractivity contribution in [2.75, 3.05) is 27.3 Å². The maximum absolute atomic E-state index is 12.5. The minimum atomic E-state index is 0.0111. The Balaban J connectivity index is 1.45. The van der Waals surface area contributed by atoms with Gasteiger partial charge in [0.1, 0.15) is 11.5 Å². The standard InChI is InChI=1S/C22H29N3O4/c1-28-19-7-6-17(20(12-19)29-2)14-24-21(26)8-5-16-4-3-11-25(15-16)22(27)18-9-10-23-13-18/h6-7,9-10,12-13,16,23H,3-5,8,11,14-15H2,1-2H3,(H,24,26)/t16-/m1/s1. The smallest absolute Gasteiger partial charge is 0.255 e. The lowest BCUT2D eigenvalue weighted by molar-refractivity contribution is -0.121. The van der Waals surface area contributed by atoms with Crippen LogP contribution in [-0.2, 0) is 11.3 Å². The van der Waals surface area contributed by atoms with Gasteiger partial charge in [0.15, 0.2) is 0 Å². The molecule has 1 atom stereocenters. The highest BCUT2D eigenvalue weighted by molar-refractivity contribution is 5.94. The zero-order chi connectivity index (χ0) is 20.6. The van der Waals surface area contributed by atoms with E-state index in [0.29, 0.717) is 42.5 Å². The van der Waals surface area contributed by atoms with Gasteiger partial charge in [-0.25, -0.2) is 0 Å². The summed E-state index contributed by atoms with van der Waals surface area (Å²) in [6.07, 6.45) is 6.75. The Morgan fingerprint density at radius 1 is 1.24 bits per heavy atom. The highest BCUT2D eigenvalue weighted by Crippen LogP contribution is 2.25. The second-order valence-electron chi connectivity index (χ2n) is 7.35. The summed E-state index contributed by atoms with van der Waals surface area (Å²) in [6.45, 7) is 1.91. The number of ether oxygens (including phenoxy) is 2. The van der Waals surface area contributed by atoms with Crippen LogP contribution in [0.3, 0.4) is 0 Å². The predicted octanol–water partition coefficient (Wildman–Crippen LogP) is 2.98. The van der Waals surface area contributed by atoms with E-state index in [4.69, 9.17) is 9.47 Å². The number of carbonyl (C=O) groups excluding carboxylic acids is 2. The van der Waals surface area contributed by atoms with E-state index in [1.54, 1.807) is 38.7 Å². The average molecular weight is 399 g/mol. The molecule has 7 nitrogen and oxygen atoms in total. The van der Waals surface area contributed by atoms with E-state index in [2.05, 4.69) is 10.3 Å². The van der Waals surface area contributed by atoms with Crippen molar-refractivity contribution in [3.8, 4) is 11.5 Å². The van der Waals surface area contributed by atoms with Crippen molar-refractivity contribution in [3.63, 3.8) is 0 Å². The molecule has 29 heavy (non-hydrogen) atoms. The molecule has 156 valence electrons. The predicted molar refractivity (Wildman–Crippen MR) is 110 cm³/mol. The Morgan fingerprint density at radius 2 is 2.10 bits per heavy atom. The van der Waals surface area contributed by atoms with Crippen LogP contribution >= 0.6 is 0 Å².